The molecule has 1 rings (SSSR count). The maximum atomic E-state index is 12.0. The Labute approximate surface area is 116 Å². The lowest BCUT2D eigenvalue weighted by atomic mass is 10.2. The number of carboxylic acid groups (broad SMARTS) is 1. The number of rotatable bonds is 6. The Hall–Kier alpha value is -1.95. The number of aryl methyl sites for hydroxylation is 1. The molecule has 0 saturated carbocycles. The van der Waals surface area contributed by atoms with E-state index in [1.54, 1.807) is 6.92 Å². The number of aliphatic carboxylic acids is 1. The lowest BCUT2D eigenvalue weighted by Gasteiger charge is -2.10. The van der Waals surface area contributed by atoms with Crippen molar-refractivity contribution in [3.8, 4) is 6.07 Å². The summed E-state index contributed by atoms with van der Waals surface area (Å²) in [5, 5.41) is 26.3. The molecule has 0 amide bonds. The van der Waals surface area contributed by atoms with Crippen molar-refractivity contribution < 1.29 is 23.4 Å². The van der Waals surface area contributed by atoms with Crippen LogP contribution >= 0.6 is 0 Å². The van der Waals surface area contributed by atoms with E-state index in [9.17, 15) is 13.2 Å². The number of aliphatic hydroxyl groups excluding tert-OH is 1. The van der Waals surface area contributed by atoms with Gasteiger partial charge in [0.2, 0.25) is 10.0 Å². The monoisotopic (exact) mass is 298 g/mol. The van der Waals surface area contributed by atoms with Crippen molar-refractivity contribution in [1.82, 2.24) is 4.72 Å². The number of sulfonamides is 1. The van der Waals surface area contributed by atoms with Crippen LogP contribution in [0.3, 0.4) is 0 Å². The van der Waals surface area contributed by atoms with Gasteiger partial charge in [0.25, 0.3) is 0 Å². The number of carbonyl (C=O) groups is 1. The Balaban J connectivity index is 2.85. The summed E-state index contributed by atoms with van der Waals surface area (Å²) in [5.41, 5.74) is 0.678. The van der Waals surface area contributed by atoms with Crippen molar-refractivity contribution in [2.24, 2.45) is 0 Å². The lowest BCUT2D eigenvalue weighted by molar-refractivity contribution is -0.146. The molecule has 1 aromatic carbocycles. The number of hydrogen-bond donors (Lipinski definition) is 3. The Morgan fingerprint density at radius 1 is 1.50 bits per heavy atom. The first-order chi connectivity index (χ1) is 9.27. The van der Waals surface area contributed by atoms with Crippen LogP contribution in [0, 0.1) is 18.3 Å². The van der Waals surface area contributed by atoms with E-state index in [1.807, 2.05) is 6.07 Å². The third-order valence-electron chi connectivity index (χ3n) is 2.60. The molecule has 0 unspecified atom stereocenters. The largest absolute Gasteiger partial charge is 0.479 e. The molecule has 0 radical (unpaired) electrons. The van der Waals surface area contributed by atoms with Crippen LogP contribution < -0.4 is 4.72 Å². The van der Waals surface area contributed by atoms with Gasteiger partial charge in [0.05, 0.1) is 16.5 Å². The van der Waals surface area contributed by atoms with Gasteiger partial charge in [0.15, 0.2) is 6.10 Å². The predicted molar refractivity (Wildman–Crippen MR) is 69.3 cm³/mol. The average Bonchev–Trinajstić information content (AvgIpc) is 2.38. The van der Waals surface area contributed by atoms with E-state index < -0.39 is 22.1 Å². The van der Waals surface area contributed by atoms with Gasteiger partial charge in [0, 0.05) is 6.54 Å². The van der Waals surface area contributed by atoms with Gasteiger partial charge in [-0.25, -0.2) is 17.9 Å². The highest BCUT2D eigenvalue weighted by Crippen LogP contribution is 2.16. The number of benzene rings is 1. The molecule has 0 aliphatic heterocycles. The minimum Gasteiger partial charge on any atom is -0.479 e. The molecule has 3 N–H and O–H groups in total. The van der Waals surface area contributed by atoms with Crippen molar-refractivity contribution in [2.45, 2.75) is 24.3 Å². The van der Waals surface area contributed by atoms with Crippen molar-refractivity contribution in [3.63, 3.8) is 0 Å². The number of nitrogens with zero attached hydrogens (tertiary/aromatic N) is 1. The van der Waals surface area contributed by atoms with Crippen LogP contribution in [0.4, 0.5) is 0 Å². The smallest absolute Gasteiger partial charge is 0.332 e. The fourth-order valence-corrected chi connectivity index (χ4v) is 2.81. The third-order valence-corrected chi connectivity index (χ3v) is 4.20. The number of hydrogen-bond acceptors (Lipinski definition) is 5. The van der Waals surface area contributed by atoms with Crippen LogP contribution in [0.2, 0.25) is 0 Å². The summed E-state index contributed by atoms with van der Waals surface area (Å²) in [5.74, 6) is -1.41. The predicted octanol–water partition coefficient (Wildman–Crippen LogP) is -0.0194. The number of nitrogens with one attached hydrogen (secondary N) is 1. The van der Waals surface area contributed by atoms with Gasteiger partial charge >= 0.3 is 5.97 Å². The van der Waals surface area contributed by atoms with Crippen LogP contribution in [0.5, 0.6) is 0 Å². The van der Waals surface area contributed by atoms with Crippen molar-refractivity contribution >= 4 is 16.0 Å². The first-order valence-electron chi connectivity index (χ1n) is 5.69. The topological polar surface area (TPSA) is 127 Å². The molecule has 1 aromatic rings. The van der Waals surface area contributed by atoms with Gasteiger partial charge in [-0.15, -0.1) is 0 Å². The van der Waals surface area contributed by atoms with Gasteiger partial charge in [-0.2, -0.15) is 5.26 Å². The van der Waals surface area contributed by atoms with Crippen LogP contribution in [0.1, 0.15) is 17.5 Å². The summed E-state index contributed by atoms with van der Waals surface area (Å²) < 4.78 is 26.2. The fourth-order valence-electron chi connectivity index (χ4n) is 1.49. The molecule has 7 nitrogen and oxygen atoms in total. The number of aliphatic hydroxyl groups is 1. The Bertz CT molecular complexity index is 648. The molecule has 0 aliphatic rings. The quantitative estimate of drug-likeness (QED) is 0.677. The highest BCUT2D eigenvalue weighted by atomic mass is 32.2. The zero-order valence-corrected chi connectivity index (χ0v) is 11.5. The van der Waals surface area contributed by atoms with Crippen molar-refractivity contribution in [1.29, 1.82) is 5.26 Å². The molecular weight excluding hydrogens is 284 g/mol. The second-order valence-corrected chi connectivity index (χ2v) is 5.87. The molecule has 0 aromatic heterocycles. The van der Waals surface area contributed by atoms with E-state index >= 15 is 0 Å². The van der Waals surface area contributed by atoms with E-state index in [4.69, 9.17) is 15.5 Å². The molecule has 0 fully saturated rings. The van der Waals surface area contributed by atoms with Gasteiger partial charge in [-0.3, -0.25) is 0 Å². The molecule has 20 heavy (non-hydrogen) atoms. The maximum Gasteiger partial charge on any atom is 0.332 e. The standard InChI is InChI=1S/C12H14N2O5S/c1-8-2-3-9(7-13)6-11(8)20(18,19)14-5-4-10(15)12(16)17/h2-3,6,10,14-15H,4-5H2,1H3,(H,16,17)/t10-/m0/s1. The fraction of sp³-hybridized carbons (Fsp3) is 0.333. The Morgan fingerprint density at radius 2 is 2.15 bits per heavy atom. The summed E-state index contributed by atoms with van der Waals surface area (Å²) in [4.78, 5) is 10.4. The molecular formula is C12H14N2O5S. The molecule has 0 spiro atoms. The van der Waals surface area contributed by atoms with E-state index in [0.717, 1.165) is 0 Å². The number of nitriles is 1. The minimum atomic E-state index is -3.85. The van der Waals surface area contributed by atoms with E-state index in [2.05, 4.69) is 4.72 Å². The summed E-state index contributed by atoms with van der Waals surface area (Å²) in [6.45, 7) is 1.37. The zero-order chi connectivity index (χ0) is 15.3. The highest BCUT2D eigenvalue weighted by molar-refractivity contribution is 7.89. The molecule has 0 saturated heterocycles. The molecule has 1 atom stereocenters. The third kappa shape index (κ3) is 4.03. The van der Waals surface area contributed by atoms with Crippen LogP contribution in [-0.2, 0) is 14.8 Å². The summed E-state index contributed by atoms with van der Waals surface area (Å²) in [7, 11) is -3.85. The van der Waals surface area contributed by atoms with Crippen LogP contribution in [0.15, 0.2) is 23.1 Å². The Kier molecular flexibility index (Phi) is 5.21. The summed E-state index contributed by atoms with van der Waals surface area (Å²) in [6, 6.07) is 6.10. The highest BCUT2D eigenvalue weighted by Gasteiger charge is 2.19. The van der Waals surface area contributed by atoms with Gasteiger partial charge in [-0.1, -0.05) is 6.07 Å². The zero-order valence-electron chi connectivity index (χ0n) is 10.7. The first kappa shape index (κ1) is 16.1. The van der Waals surface area contributed by atoms with Gasteiger partial charge in [-0.05, 0) is 31.0 Å². The molecule has 108 valence electrons. The van der Waals surface area contributed by atoms with E-state index in [-0.39, 0.29) is 23.4 Å². The van der Waals surface area contributed by atoms with Gasteiger partial charge in [0.1, 0.15) is 0 Å². The van der Waals surface area contributed by atoms with Crippen LogP contribution in [-0.4, -0.2) is 37.2 Å². The molecule has 0 aliphatic carbocycles. The molecule has 0 heterocycles. The minimum absolute atomic E-state index is 0.0404. The lowest BCUT2D eigenvalue weighted by Crippen LogP contribution is -2.30. The van der Waals surface area contributed by atoms with E-state index in [0.29, 0.717) is 5.56 Å². The van der Waals surface area contributed by atoms with Crippen molar-refractivity contribution in [3.05, 3.63) is 29.3 Å². The first-order valence-corrected chi connectivity index (χ1v) is 7.17. The Morgan fingerprint density at radius 3 is 2.70 bits per heavy atom. The molecule has 0 bridgehead atoms. The van der Waals surface area contributed by atoms with Crippen molar-refractivity contribution in [2.75, 3.05) is 6.54 Å². The second-order valence-electron chi connectivity index (χ2n) is 4.13. The average molecular weight is 298 g/mol. The summed E-state index contributed by atoms with van der Waals surface area (Å²) in [6.07, 6.45) is -1.87. The normalized spacial score (nSPS) is 12.7. The van der Waals surface area contributed by atoms with Gasteiger partial charge < -0.3 is 10.2 Å². The SMILES string of the molecule is Cc1ccc(C#N)cc1S(=O)(=O)NCC[C@H](O)C(=O)O. The second kappa shape index (κ2) is 6.47. The van der Waals surface area contributed by atoms with Crippen LogP contribution in [0.25, 0.3) is 0 Å². The molecule has 8 heteroatoms. The number of carboxylic acids is 1. The summed E-state index contributed by atoms with van der Waals surface area (Å²) >= 11 is 0. The van der Waals surface area contributed by atoms with E-state index in [1.165, 1.54) is 18.2 Å². The maximum absolute atomic E-state index is 12.0.